The third-order valence-corrected chi connectivity index (χ3v) is 2.38. The maximum absolute atomic E-state index is 10.9. The smallest absolute Gasteiger partial charge is 0.334 e. The van der Waals surface area contributed by atoms with Crippen LogP contribution in [0.5, 0.6) is 0 Å². The first-order valence-corrected chi connectivity index (χ1v) is 6.32. The molecule has 0 saturated heterocycles. The van der Waals surface area contributed by atoms with Crippen molar-refractivity contribution in [1.29, 1.82) is 0 Å². The Bertz CT molecular complexity index is 301. The molecule has 0 radical (unpaired) electrons. The normalized spacial score (nSPS) is 13.2. The summed E-state index contributed by atoms with van der Waals surface area (Å²) in [5.74, 6) is -1.89. The van der Waals surface area contributed by atoms with E-state index in [2.05, 4.69) is 5.32 Å². The molecule has 0 aromatic rings. The summed E-state index contributed by atoms with van der Waals surface area (Å²) in [6, 6.07) is -0.987. The summed E-state index contributed by atoms with van der Waals surface area (Å²) in [5, 5.41) is 10.7. The van der Waals surface area contributed by atoms with Crippen LogP contribution in [0.15, 0.2) is 0 Å². The van der Waals surface area contributed by atoms with E-state index in [9.17, 15) is 14.2 Å². The Balaban J connectivity index is 3.64. The molecule has 1 atom stereocenters. The van der Waals surface area contributed by atoms with E-state index in [1.807, 2.05) is 0 Å². The minimum absolute atomic E-state index is 0.139. The molecule has 0 aliphatic rings. The predicted molar refractivity (Wildman–Crippen MR) is 54.8 cm³/mol. The van der Waals surface area contributed by atoms with Gasteiger partial charge in [-0.25, -0.2) is 0 Å². The molecule has 9 heteroatoms. The molecular formula is C7H15N2O6P. The summed E-state index contributed by atoms with van der Waals surface area (Å²) < 4.78 is 10.4. The first-order valence-electron chi connectivity index (χ1n) is 4.52. The lowest BCUT2D eigenvalue weighted by molar-refractivity contribution is -0.138. The molecule has 0 unspecified atom stereocenters. The van der Waals surface area contributed by atoms with E-state index in [1.165, 1.54) is 0 Å². The zero-order valence-electron chi connectivity index (χ0n) is 8.50. The summed E-state index contributed by atoms with van der Waals surface area (Å²) in [4.78, 5) is 38.1. The van der Waals surface area contributed by atoms with Crippen LogP contribution in [0.25, 0.3) is 0 Å². The fourth-order valence-electron chi connectivity index (χ4n) is 0.916. The van der Waals surface area contributed by atoms with Crippen LogP contribution >= 0.6 is 7.60 Å². The van der Waals surface area contributed by atoms with Crippen LogP contribution in [0.1, 0.15) is 12.8 Å². The van der Waals surface area contributed by atoms with Gasteiger partial charge in [0.25, 0.3) is 0 Å². The maximum atomic E-state index is 10.9. The van der Waals surface area contributed by atoms with Crippen LogP contribution in [0.2, 0.25) is 0 Å². The predicted octanol–water partition coefficient (Wildman–Crippen LogP) is -1.53. The topological polar surface area (TPSA) is 150 Å². The Morgan fingerprint density at radius 1 is 1.38 bits per heavy atom. The number of carbonyl (C=O) groups is 2. The second-order valence-corrected chi connectivity index (χ2v) is 4.91. The molecule has 0 aliphatic heterocycles. The van der Waals surface area contributed by atoms with Gasteiger partial charge in [-0.15, -0.1) is 0 Å². The highest BCUT2D eigenvalue weighted by Gasteiger charge is 2.18. The number of carboxylic acid groups (broad SMARTS) is 1. The number of rotatable bonds is 7. The molecule has 94 valence electrons. The third-order valence-electron chi connectivity index (χ3n) is 1.68. The fraction of sp³-hybridized carbons (Fsp3) is 0.714. The monoisotopic (exact) mass is 254 g/mol. The Hall–Kier alpha value is -0.950. The van der Waals surface area contributed by atoms with Crippen molar-refractivity contribution in [1.82, 2.24) is 5.32 Å². The van der Waals surface area contributed by atoms with Gasteiger partial charge in [-0.05, 0) is 12.8 Å². The summed E-state index contributed by atoms with van der Waals surface area (Å²) in [7, 11) is -4.34. The van der Waals surface area contributed by atoms with Crippen molar-refractivity contribution >= 4 is 19.5 Å². The van der Waals surface area contributed by atoms with Crippen molar-refractivity contribution in [2.45, 2.75) is 18.9 Å². The van der Waals surface area contributed by atoms with Crippen LogP contribution < -0.4 is 11.1 Å². The number of hydrogen-bond donors (Lipinski definition) is 5. The van der Waals surface area contributed by atoms with E-state index in [1.54, 1.807) is 0 Å². The number of nitrogens with one attached hydrogen (secondary N) is 1. The van der Waals surface area contributed by atoms with Crippen LogP contribution in [-0.4, -0.2) is 45.5 Å². The fourth-order valence-corrected chi connectivity index (χ4v) is 1.40. The first kappa shape index (κ1) is 15.0. The molecule has 8 nitrogen and oxygen atoms in total. The zero-order valence-corrected chi connectivity index (χ0v) is 9.39. The molecule has 0 spiro atoms. The van der Waals surface area contributed by atoms with Crippen LogP contribution in [0.3, 0.4) is 0 Å². The van der Waals surface area contributed by atoms with Crippen molar-refractivity contribution in [2.75, 3.05) is 12.7 Å². The standard InChI is InChI=1S/C7H15N2O6P/c8-5(7(11)12)2-1-3-9-6(10)4-16(13,14)15/h5H,1-4,8H2,(H,9,10)(H,11,12)(H2,13,14,15)/t5-/m1/s1. The lowest BCUT2D eigenvalue weighted by Crippen LogP contribution is -2.32. The van der Waals surface area contributed by atoms with Gasteiger partial charge in [0.05, 0.1) is 0 Å². The molecule has 0 aromatic heterocycles. The van der Waals surface area contributed by atoms with Crippen molar-refractivity contribution in [3.8, 4) is 0 Å². The molecule has 6 N–H and O–H groups in total. The van der Waals surface area contributed by atoms with E-state index in [-0.39, 0.29) is 13.0 Å². The van der Waals surface area contributed by atoms with Gasteiger partial charge >= 0.3 is 13.6 Å². The summed E-state index contributed by atoms with van der Waals surface area (Å²) in [6.07, 6.45) is -0.343. The van der Waals surface area contributed by atoms with E-state index in [0.29, 0.717) is 6.42 Å². The molecule has 0 saturated carbocycles. The average Bonchev–Trinajstić information content (AvgIpc) is 2.08. The van der Waals surface area contributed by atoms with Gasteiger partial charge in [0, 0.05) is 6.54 Å². The largest absolute Gasteiger partial charge is 0.480 e. The van der Waals surface area contributed by atoms with E-state index in [0.717, 1.165) is 0 Å². The number of carboxylic acids is 1. The van der Waals surface area contributed by atoms with Gasteiger partial charge in [-0.2, -0.15) is 0 Å². The highest BCUT2D eigenvalue weighted by Crippen LogP contribution is 2.33. The Morgan fingerprint density at radius 2 is 1.94 bits per heavy atom. The highest BCUT2D eigenvalue weighted by molar-refractivity contribution is 7.52. The van der Waals surface area contributed by atoms with Crippen LogP contribution in [0.4, 0.5) is 0 Å². The molecule has 0 aromatic carbocycles. The Kier molecular flexibility index (Phi) is 6.20. The van der Waals surface area contributed by atoms with Gasteiger partial charge < -0.3 is 25.9 Å². The number of nitrogens with two attached hydrogens (primary N) is 1. The second kappa shape index (κ2) is 6.59. The summed E-state index contributed by atoms with van der Waals surface area (Å²) in [6.45, 7) is 0.139. The van der Waals surface area contributed by atoms with Gasteiger partial charge in [0.15, 0.2) is 0 Å². The minimum Gasteiger partial charge on any atom is -0.480 e. The van der Waals surface area contributed by atoms with Gasteiger partial charge in [0.1, 0.15) is 12.2 Å². The number of aliphatic carboxylic acids is 1. The van der Waals surface area contributed by atoms with Gasteiger partial charge in [-0.3, -0.25) is 14.2 Å². The molecule has 0 bridgehead atoms. The molecule has 0 aliphatic carbocycles. The lowest BCUT2D eigenvalue weighted by Gasteiger charge is -2.08. The molecule has 0 heterocycles. The molecule has 1 amide bonds. The molecular weight excluding hydrogens is 239 g/mol. The zero-order chi connectivity index (χ0) is 12.8. The quantitative estimate of drug-likeness (QED) is 0.273. The molecule has 0 rings (SSSR count). The van der Waals surface area contributed by atoms with Gasteiger partial charge in [0.2, 0.25) is 5.91 Å². The maximum Gasteiger partial charge on any atom is 0.334 e. The average molecular weight is 254 g/mol. The van der Waals surface area contributed by atoms with E-state index in [4.69, 9.17) is 20.6 Å². The lowest BCUT2D eigenvalue weighted by atomic mass is 10.2. The number of amides is 1. The number of hydrogen-bond acceptors (Lipinski definition) is 4. The van der Waals surface area contributed by atoms with Crippen LogP contribution in [0, 0.1) is 0 Å². The third kappa shape index (κ3) is 8.37. The highest BCUT2D eigenvalue weighted by atomic mass is 31.2. The Morgan fingerprint density at radius 3 is 2.38 bits per heavy atom. The summed E-state index contributed by atoms with van der Waals surface area (Å²) >= 11 is 0. The summed E-state index contributed by atoms with van der Waals surface area (Å²) in [5.41, 5.74) is 5.20. The SMILES string of the molecule is N[C@H](CCCNC(=O)CP(=O)(O)O)C(=O)O. The second-order valence-electron chi connectivity index (χ2n) is 3.26. The molecule has 16 heavy (non-hydrogen) atoms. The van der Waals surface area contributed by atoms with Gasteiger partial charge in [-0.1, -0.05) is 0 Å². The van der Waals surface area contributed by atoms with Crippen molar-refractivity contribution in [2.24, 2.45) is 5.73 Å². The Labute approximate surface area is 92.0 Å². The minimum atomic E-state index is -4.34. The van der Waals surface area contributed by atoms with E-state index >= 15 is 0 Å². The molecule has 0 fully saturated rings. The first-order chi connectivity index (χ1) is 7.22. The number of carbonyl (C=O) groups excluding carboxylic acids is 1. The van der Waals surface area contributed by atoms with Crippen molar-refractivity contribution in [3.05, 3.63) is 0 Å². The van der Waals surface area contributed by atoms with Crippen LogP contribution in [-0.2, 0) is 14.2 Å². The van der Waals surface area contributed by atoms with Crippen molar-refractivity contribution < 1.29 is 29.0 Å². The van der Waals surface area contributed by atoms with E-state index < -0.39 is 31.7 Å². The van der Waals surface area contributed by atoms with Crippen molar-refractivity contribution in [3.63, 3.8) is 0 Å².